The van der Waals surface area contributed by atoms with Crippen LogP contribution in [0.3, 0.4) is 0 Å². The molecule has 1 fully saturated rings. The molecule has 16 heavy (non-hydrogen) atoms. The van der Waals surface area contributed by atoms with Gasteiger partial charge in [0, 0.05) is 13.1 Å². The molecule has 4 nitrogen and oxygen atoms in total. The molecular formula is C12H21N3O. The van der Waals surface area contributed by atoms with Crippen molar-refractivity contribution in [1.82, 2.24) is 10.6 Å². The number of amides is 1. The third-order valence-electron chi connectivity index (χ3n) is 3.20. The first-order chi connectivity index (χ1) is 7.75. The minimum Gasteiger partial charge on any atom is -0.355 e. The van der Waals surface area contributed by atoms with Gasteiger partial charge >= 0.3 is 0 Å². The van der Waals surface area contributed by atoms with Gasteiger partial charge in [-0.3, -0.25) is 4.79 Å². The van der Waals surface area contributed by atoms with Gasteiger partial charge in [-0.2, -0.15) is 5.26 Å². The summed E-state index contributed by atoms with van der Waals surface area (Å²) in [6.07, 6.45) is 4.37. The number of piperidine rings is 1. The Bertz CT molecular complexity index is 258. The topological polar surface area (TPSA) is 64.9 Å². The number of hydrogen-bond donors (Lipinski definition) is 2. The predicted molar refractivity (Wildman–Crippen MR) is 62.7 cm³/mol. The Balaban J connectivity index is 2.54. The molecule has 0 aromatic carbocycles. The van der Waals surface area contributed by atoms with Gasteiger partial charge in [0.05, 0.1) is 17.9 Å². The highest BCUT2D eigenvalue weighted by Crippen LogP contribution is 2.31. The predicted octanol–water partition coefficient (Wildman–Crippen LogP) is 1.19. The maximum Gasteiger partial charge on any atom is 0.227 e. The monoisotopic (exact) mass is 223 g/mol. The maximum absolute atomic E-state index is 12.1. The van der Waals surface area contributed by atoms with Crippen LogP contribution in [0.25, 0.3) is 0 Å². The summed E-state index contributed by atoms with van der Waals surface area (Å²) >= 11 is 0. The number of nitrogens with zero attached hydrogens (tertiary/aromatic N) is 1. The summed E-state index contributed by atoms with van der Waals surface area (Å²) in [6, 6.07) is 2.04. The molecule has 1 unspecified atom stereocenters. The van der Waals surface area contributed by atoms with E-state index in [0.29, 0.717) is 13.0 Å². The summed E-state index contributed by atoms with van der Waals surface area (Å²) < 4.78 is 0. The number of rotatable bonds is 5. The summed E-state index contributed by atoms with van der Waals surface area (Å²) in [5, 5.41) is 14.6. The molecule has 1 amide bonds. The SMILES string of the molecule is CCCC1(C(=O)NCCC#N)CCCNC1. The van der Waals surface area contributed by atoms with Gasteiger partial charge in [-0.15, -0.1) is 0 Å². The van der Waals surface area contributed by atoms with Gasteiger partial charge in [0.1, 0.15) is 0 Å². The summed E-state index contributed by atoms with van der Waals surface area (Å²) in [6.45, 7) is 4.37. The third-order valence-corrected chi connectivity index (χ3v) is 3.20. The number of carbonyl (C=O) groups excluding carboxylic acids is 1. The Labute approximate surface area is 97.4 Å². The minimum atomic E-state index is -0.234. The lowest BCUT2D eigenvalue weighted by atomic mass is 9.76. The van der Waals surface area contributed by atoms with Crippen molar-refractivity contribution in [3.05, 3.63) is 0 Å². The fraction of sp³-hybridized carbons (Fsp3) is 0.833. The van der Waals surface area contributed by atoms with E-state index in [1.165, 1.54) is 0 Å². The first kappa shape index (κ1) is 13.0. The van der Waals surface area contributed by atoms with Gasteiger partial charge in [0.2, 0.25) is 5.91 Å². The van der Waals surface area contributed by atoms with E-state index in [1.54, 1.807) is 0 Å². The molecule has 0 saturated carbocycles. The van der Waals surface area contributed by atoms with Gasteiger partial charge in [-0.1, -0.05) is 13.3 Å². The first-order valence-electron chi connectivity index (χ1n) is 6.11. The zero-order valence-electron chi connectivity index (χ0n) is 10.0. The molecule has 0 aromatic rings. The molecule has 1 rings (SSSR count). The van der Waals surface area contributed by atoms with Crippen molar-refractivity contribution in [3.63, 3.8) is 0 Å². The van der Waals surface area contributed by atoms with Gasteiger partial charge in [0.25, 0.3) is 0 Å². The Morgan fingerprint density at radius 3 is 3.00 bits per heavy atom. The molecular weight excluding hydrogens is 202 g/mol. The second kappa shape index (κ2) is 6.49. The maximum atomic E-state index is 12.1. The molecule has 1 saturated heterocycles. The van der Waals surface area contributed by atoms with Crippen molar-refractivity contribution < 1.29 is 4.79 Å². The van der Waals surface area contributed by atoms with E-state index in [9.17, 15) is 4.79 Å². The molecule has 90 valence electrons. The van der Waals surface area contributed by atoms with Gasteiger partial charge in [0.15, 0.2) is 0 Å². The Morgan fingerprint density at radius 2 is 2.44 bits per heavy atom. The van der Waals surface area contributed by atoms with E-state index >= 15 is 0 Å². The van der Waals surface area contributed by atoms with Gasteiger partial charge in [-0.25, -0.2) is 0 Å². The highest BCUT2D eigenvalue weighted by atomic mass is 16.2. The number of hydrogen-bond acceptors (Lipinski definition) is 3. The van der Waals surface area contributed by atoms with Gasteiger partial charge < -0.3 is 10.6 Å². The van der Waals surface area contributed by atoms with E-state index in [4.69, 9.17) is 5.26 Å². The van der Waals surface area contributed by atoms with Crippen molar-refractivity contribution in [2.45, 2.75) is 39.0 Å². The minimum absolute atomic E-state index is 0.122. The van der Waals surface area contributed by atoms with Crippen LogP contribution in [-0.4, -0.2) is 25.5 Å². The first-order valence-corrected chi connectivity index (χ1v) is 6.11. The molecule has 0 spiro atoms. The summed E-state index contributed by atoms with van der Waals surface area (Å²) in [5.41, 5.74) is -0.234. The molecule has 1 aliphatic heterocycles. The Kier molecular flexibility index (Phi) is 5.27. The lowest BCUT2D eigenvalue weighted by molar-refractivity contribution is -0.132. The number of nitrogens with one attached hydrogen (secondary N) is 2. The number of carbonyl (C=O) groups is 1. The summed E-state index contributed by atoms with van der Waals surface area (Å²) in [5.74, 6) is 0.122. The fourth-order valence-electron chi connectivity index (χ4n) is 2.39. The third kappa shape index (κ3) is 3.21. The standard InChI is InChI=1S/C12H21N3O/c1-2-5-12(6-3-8-14-10-12)11(16)15-9-4-7-13/h14H,2-6,8-10H2,1H3,(H,15,16). The lowest BCUT2D eigenvalue weighted by Crippen LogP contribution is -2.50. The smallest absolute Gasteiger partial charge is 0.227 e. The molecule has 1 aliphatic rings. The van der Waals surface area contributed by atoms with E-state index < -0.39 is 0 Å². The summed E-state index contributed by atoms with van der Waals surface area (Å²) in [4.78, 5) is 12.1. The molecule has 0 aromatic heterocycles. The van der Waals surface area contributed by atoms with Gasteiger partial charge in [-0.05, 0) is 25.8 Å². The van der Waals surface area contributed by atoms with Crippen LogP contribution in [0.4, 0.5) is 0 Å². The average molecular weight is 223 g/mol. The molecule has 1 heterocycles. The zero-order chi connectivity index (χ0) is 11.9. The van der Waals surface area contributed by atoms with Crippen LogP contribution in [-0.2, 0) is 4.79 Å². The van der Waals surface area contributed by atoms with Crippen molar-refractivity contribution in [2.24, 2.45) is 5.41 Å². The van der Waals surface area contributed by atoms with Crippen LogP contribution in [0.1, 0.15) is 39.0 Å². The van der Waals surface area contributed by atoms with E-state index in [-0.39, 0.29) is 11.3 Å². The molecule has 0 bridgehead atoms. The normalized spacial score (nSPS) is 24.8. The molecule has 0 aliphatic carbocycles. The quantitative estimate of drug-likeness (QED) is 0.688. The fourth-order valence-corrected chi connectivity index (χ4v) is 2.39. The Hall–Kier alpha value is -1.08. The summed E-state index contributed by atoms with van der Waals surface area (Å²) in [7, 11) is 0. The van der Waals surface area contributed by atoms with E-state index in [0.717, 1.165) is 38.8 Å². The van der Waals surface area contributed by atoms with Crippen molar-refractivity contribution in [2.75, 3.05) is 19.6 Å². The lowest BCUT2D eigenvalue weighted by Gasteiger charge is -2.36. The van der Waals surface area contributed by atoms with Crippen LogP contribution in [0.5, 0.6) is 0 Å². The molecule has 2 N–H and O–H groups in total. The highest BCUT2D eigenvalue weighted by molar-refractivity contribution is 5.83. The van der Waals surface area contributed by atoms with Crippen molar-refractivity contribution in [3.8, 4) is 6.07 Å². The average Bonchev–Trinajstić information content (AvgIpc) is 2.31. The largest absolute Gasteiger partial charge is 0.355 e. The van der Waals surface area contributed by atoms with Crippen molar-refractivity contribution >= 4 is 5.91 Å². The zero-order valence-corrected chi connectivity index (χ0v) is 10.0. The second-order valence-electron chi connectivity index (χ2n) is 4.47. The van der Waals surface area contributed by atoms with Crippen LogP contribution in [0.15, 0.2) is 0 Å². The van der Waals surface area contributed by atoms with Crippen LogP contribution in [0.2, 0.25) is 0 Å². The van der Waals surface area contributed by atoms with E-state index in [1.807, 2.05) is 6.07 Å². The highest BCUT2D eigenvalue weighted by Gasteiger charge is 2.38. The molecule has 1 atom stereocenters. The number of nitriles is 1. The van der Waals surface area contributed by atoms with Crippen LogP contribution in [0, 0.1) is 16.7 Å². The molecule has 0 radical (unpaired) electrons. The van der Waals surface area contributed by atoms with Crippen molar-refractivity contribution in [1.29, 1.82) is 5.26 Å². The van der Waals surface area contributed by atoms with Crippen LogP contribution < -0.4 is 10.6 Å². The van der Waals surface area contributed by atoms with E-state index in [2.05, 4.69) is 17.6 Å². The van der Waals surface area contributed by atoms with Crippen LogP contribution >= 0.6 is 0 Å². The Morgan fingerprint density at radius 1 is 1.62 bits per heavy atom. The molecule has 4 heteroatoms. The second-order valence-corrected chi connectivity index (χ2v) is 4.47.